The minimum Gasteiger partial charge on any atom is -0.378 e. The standard InChI is InChI=1S/C19H38N4O/c1-4-24-18-10-15-23(16-11-18)19(20-3)21-12-6-8-14-22-13-7-5-9-17(22)2/h17-18H,4-16H2,1-3H3,(H,20,21). The quantitative estimate of drug-likeness (QED) is 0.440. The van der Waals surface area contributed by atoms with E-state index in [0.717, 1.165) is 51.1 Å². The van der Waals surface area contributed by atoms with Crippen molar-refractivity contribution in [1.29, 1.82) is 0 Å². The van der Waals surface area contributed by atoms with Crippen molar-refractivity contribution < 1.29 is 4.74 Å². The average molecular weight is 339 g/mol. The smallest absolute Gasteiger partial charge is 0.193 e. The lowest BCUT2D eigenvalue weighted by atomic mass is 10.0. The largest absolute Gasteiger partial charge is 0.378 e. The molecule has 0 amide bonds. The Kier molecular flexibility index (Phi) is 8.89. The molecular weight excluding hydrogens is 300 g/mol. The van der Waals surface area contributed by atoms with Crippen molar-refractivity contribution in [1.82, 2.24) is 15.1 Å². The molecule has 0 spiro atoms. The minimum atomic E-state index is 0.441. The Morgan fingerprint density at radius 2 is 1.92 bits per heavy atom. The fourth-order valence-corrected chi connectivity index (χ4v) is 3.93. The molecule has 2 rings (SSSR count). The molecule has 2 fully saturated rings. The fraction of sp³-hybridized carbons (Fsp3) is 0.947. The number of hydrogen-bond acceptors (Lipinski definition) is 3. The molecule has 140 valence electrons. The zero-order valence-corrected chi connectivity index (χ0v) is 16.1. The van der Waals surface area contributed by atoms with E-state index in [1.165, 1.54) is 45.2 Å². The van der Waals surface area contributed by atoms with Crippen LogP contribution < -0.4 is 5.32 Å². The predicted octanol–water partition coefficient (Wildman–Crippen LogP) is 2.72. The van der Waals surface area contributed by atoms with Crippen molar-refractivity contribution in [2.75, 3.05) is 46.4 Å². The second-order valence-electron chi connectivity index (χ2n) is 7.20. The summed E-state index contributed by atoms with van der Waals surface area (Å²) in [4.78, 5) is 9.50. The summed E-state index contributed by atoms with van der Waals surface area (Å²) in [5.74, 6) is 1.07. The normalized spacial score (nSPS) is 24.4. The van der Waals surface area contributed by atoms with Gasteiger partial charge >= 0.3 is 0 Å². The van der Waals surface area contributed by atoms with E-state index in [-0.39, 0.29) is 0 Å². The first-order valence-corrected chi connectivity index (χ1v) is 10.1. The molecule has 0 aromatic rings. The molecule has 5 heteroatoms. The second kappa shape index (κ2) is 10.9. The summed E-state index contributed by atoms with van der Waals surface area (Å²) < 4.78 is 5.73. The summed E-state index contributed by atoms with van der Waals surface area (Å²) >= 11 is 0. The molecule has 0 aliphatic carbocycles. The lowest BCUT2D eigenvalue weighted by Gasteiger charge is -2.34. The number of guanidine groups is 1. The van der Waals surface area contributed by atoms with Crippen molar-refractivity contribution in [2.45, 2.75) is 70.9 Å². The summed E-state index contributed by atoms with van der Waals surface area (Å²) in [5, 5.41) is 3.55. The van der Waals surface area contributed by atoms with Gasteiger partial charge in [0.05, 0.1) is 6.10 Å². The highest BCUT2D eigenvalue weighted by atomic mass is 16.5. The molecule has 1 atom stereocenters. The van der Waals surface area contributed by atoms with Gasteiger partial charge < -0.3 is 19.9 Å². The van der Waals surface area contributed by atoms with Crippen LogP contribution in [-0.4, -0.2) is 74.3 Å². The predicted molar refractivity (Wildman–Crippen MR) is 102 cm³/mol. The zero-order valence-electron chi connectivity index (χ0n) is 16.1. The molecule has 1 N–H and O–H groups in total. The second-order valence-corrected chi connectivity index (χ2v) is 7.20. The number of nitrogens with zero attached hydrogens (tertiary/aromatic N) is 3. The minimum absolute atomic E-state index is 0.441. The summed E-state index contributed by atoms with van der Waals surface area (Å²) in [6, 6.07) is 0.783. The van der Waals surface area contributed by atoms with E-state index in [1.54, 1.807) is 0 Å². The van der Waals surface area contributed by atoms with Crippen LogP contribution in [-0.2, 0) is 4.74 Å². The van der Waals surface area contributed by atoms with Gasteiger partial charge in [0, 0.05) is 39.3 Å². The fourth-order valence-electron chi connectivity index (χ4n) is 3.93. The summed E-state index contributed by atoms with van der Waals surface area (Å²) in [6.45, 7) is 11.0. The van der Waals surface area contributed by atoms with E-state index in [4.69, 9.17) is 4.74 Å². The van der Waals surface area contributed by atoms with E-state index >= 15 is 0 Å². The first kappa shape index (κ1) is 19.5. The van der Waals surface area contributed by atoms with Crippen LogP contribution in [0, 0.1) is 0 Å². The molecule has 0 radical (unpaired) electrons. The molecule has 5 nitrogen and oxygen atoms in total. The van der Waals surface area contributed by atoms with E-state index in [9.17, 15) is 0 Å². The maximum atomic E-state index is 5.73. The molecule has 2 saturated heterocycles. The van der Waals surface area contributed by atoms with Gasteiger partial charge in [-0.1, -0.05) is 6.42 Å². The number of rotatable bonds is 7. The van der Waals surface area contributed by atoms with Gasteiger partial charge in [-0.25, -0.2) is 0 Å². The number of hydrogen-bond donors (Lipinski definition) is 1. The van der Waals surface area contributed by atoms with Crippen molar-refractivity contribution >= 4 is 5.96 Å². The number of piperidine rings is 2. The molecule has 0 saturated carbocycles. The Labute approximate surface area is 148 Å². The van der Waals surface area contributed by atoms with Crippen LogP contribution in [0.15, 0.2) is 4.99 Å². The average Bonchev–Trinajstić information content (AvgIpc) is 2.61. The Balaban J connectivity index is 1.58. The number of likely N-dealkylation sites (tertiary alicyclic amines) is 2. The molecule has 24 heavy (non-hydrogen) atoms. The molecule has 0 aromatic heterocycles. The van der Waals surface area contributed by atoms with Crippen LogP contribution in [0.2, 0.25) is 0 Å². The SMILES string of the molecule is CCOC1CCN(C(=NC)NCCCCN2CCCCC2C)CC1. The maximum Gasteiger partial charge on any atom is 0.193 e. The summed E-state index contributed by atoms with van der Waals surface area (Å²) in [5.41, 5.74) is 0. The van der Waals surface area contributed by atoms with E-state index in [0.29, 0.717) is 6.10 Å². The highest BCUT2D eigenvalue weighted by Crippen LogP contribution is 2.16. The number of unbranched alkanes of at least 4 members (excludes halogenated alkanes) is 1. The van der Waals surface area contributed by atoms with Crippen LogP contribution in [0.25, 0.3) is 0 Å². The lowest BCUT2D eigenvalue weighted by molar-refractivity contribution is 0.0264. The first-order valence-electron chi connectivity index (χ1n) is 10.1. The van der Waals surface area contributed by atoms with Crippen molar-refractivity contribution in [3.8, 4) is 0 Å². The van der Waals surface area contributed by atoms with Gasteiger partial charge in [-0.05, 0) is 65.5 Å². The molecule has 1 unspecified atom stereocenters. The Bertz CT molecular complexity index is 366. The number of nitrogens with one attached hydrogen (secondary N) is 1. The summed E-state index contributed by atoms with van der Waals surface area (Å²) in [7, 11) is 1.90. The Morgan fingerprint density at radius 3 is 2.58 bits per heavy atom. The monoisotopic (exact) mass is 338 g/mol. The molecule has 2 heterocycles. The van der Waals surface area contributed by atoms with Crippen molar-refractivity contribution in [3.63, 3.8) is 0 Å². The first-order chi connectivity index (χ1) is 11.7. The van der Waals surface area contributed by atoms with E-state index in [1.807, 2.05) is 7.05 Å². The van der Waals surface area contributed by atoms with Gasteiger partial charge in [0.1, 0.15) is 0 Å². The van der Waals surface area contributed by atoms with E-state index in [2.05, 4.69) is 34.0 Å². The van der Waals surface area contributed by atoms with Gasteiger partial charge in [0.2, 0.25) is 0 Å². The highest BCUT2D eigenvalue weighted by molar-refractivity contribution is 5.79. The van der Waals surface area contributed by atoms with Gasteiger partial charge in [-0.2, -0.15) is 0 Å². The molecular formula is C19H38N4O. The van der Waals surface area contributed by atoms with Crippen LogP contribution >= 0.6 is 0 Å². The van der Waals surface area contributed by atoms with E-state index < -0.39 is 0 Å². The topological polar surface area (TPSA) is 40.1 Å². The third kappa shape index (κ3) is 6.25. The van der Waals surface area contributed by atoms with Gasteiger partial charge in [0.15, 0.2) is 5.96 Å². The molecule has 0 aromatic carbocycles. The third-order valence-corrected chi connectivity index (χ3v) is 5.45. The number of ether oxygens (including phenoxy) is 1. The van der Waals surface area contributed by atoms with Crippen molar-refractivity contribution in [3.05, 3.63) is 0 Å². The van der Waals surface area contributed by atoms with Crippen LogP contribution in [0.3, 0.4) is 0 Å². The molecule has 2 aliphatic heterocycles. The van der Waals surface area contributed by atoms with Crippen LogP contribution in [0.5, 0.6) is 0 Å². The molecule has 0 bridgehead atoms. The van der Waals surface area contributed by atoms with Gasteiger partial charge in [0.25, 0.3) is 0 Å². The van der Waals surface area contributed by atoms with Gasteiger partial charge in [-0.3, -0.25) is 4.99 Å². The van der Waals surface area contributed by atoms with Crippen LogP contribution in [0.4, 0.5) is 0 Å². The third-order valence-electron chi connectivity index (χ3n) is 5.45. The summed E-state index contributed by atoms with van der Waals surface area (Å²) in [6.07, 6.45) is 9.34. The maximum absolute atomic E-state index is 5.73. The zero-order chi connectivity index (χ0) is 17.2. The lowest BCUT2D eigenvalue weighted by Crippen LogP contribution is -2.47. The molecule has 2 aliphatic rings. The Morgan fingerprint density at radius 1 is 1.12 bits per heavy atom. The highest BCUT2D eigenvalue weighted by Gasteiger charge is 2.21. The van der Waals surface area contributed by atoms with Crippen LogP contribution in [0.1, 0.15) is 58.8 Å². The van der Waals surface area contributed by atoms with Crippen molar-refractivity contribution in [2.24, 2.45) is 4.99 Å². The number of aliphatic imine (C=N–C) groups is 1. The van der Waals surface area contributed by atoms with Gasteiger partial charge in [-0.15, -0.1) is 0 Å². The Hall–Kier alpha value is -0.810.